The smallest absolute Gasteiger partial charge is 0.238 e. The van der Waals surface area contributed by atoms with Gasteiger partial charge < -0.3 is 13.3 Å². The van der Waals surface area contributed by atoms with Crippen molar-refractivity contribution in [3.05, 3.63) is 76.2 Å². The van der Waals surface area contributed by atoms with Crippen LogP contribution in [0.1, 0.15) is 16.7 Å². The molecule has 0 bridgehead atoms. The molecule has 0 unspecified atom stereocenters. The number of halogens is 1. The lowest BCUT2D eigenvalue weighted by molar-refractivity contribution is 0.527. The van der Waals surface area contributed by atoms with Crippen LogP contribution in [-0.2, 0) is 0 Å². The fourth-order valence-electron chi connectivity index (χ4n) is 2.67. The zero-order valence-corrected chi connectivity index (χ0v) is 15.9. The van der Waals surface area contributed by atoms with Crippen molar-refractivity contribution in [1.29, 1.82) is 5.26 Å². The number of furan rings is 3. The van der Waals surface area contributed by atoms with Crippen LogP contribution in [0.15, 0.2) is 77.7 Å². The maximum absolute atomic E-state index is 9.72. The van der Waals surface area contributed by atoms with Crippen molar-refractivity contribution in [2.45, 2.75) is 6.92 Å². The van der Waals surface area contributed by atoms with E-state index in [0.717, 1.165) is 15.6 Å². The van der Waals surface area contributed by atoms with E-state index in [4.69, 9.17) is 13.3 Å². The largest absolute Gasteiger partial charge is 0.464 e. The number of benzene rings is 1. The number of aryl methyl sites for hydroxylation is 1. The first-order chi connectivity index (χ1) is 13.2. The Bertz CT molecular complexity index is 1150. The molecule has 0 aliphatic heterocycles. The molecule has 0 amide bonds. The van der Waals surface area contributed by atoms with Crippen molar-refractivity contribution in [3.63, 3.8) is 0 Å². The van der Waals surface area contributed by atoms with Crippen molar-refractivity contribution < 1.29 is 13.3 Å². The van der Waals surface area contributed by atoms with E-state index in [1.165, 1.54) is 0 Å². The molecule has 0 spiro atoms. The first-order valence-electron chi connectivity index (χ1n) is 8.12. The van der Waals surface area contributed by atoms with Gasteiger partial charge in [0.25, 0.3) is 0 Å². The molecule has 3 heterocycles. The van der Waals surface area contributed by atoms with E-state index in [1.54, 1.807) is 43.0 Å². The minimum absolute atomic E-state index is 0.201. The third kappa shape index (κ3) is 3.25. The Kier molecular flexibility index (Phi) is 4.53. The van der Waals surface area contributed by atoms with Gasteiger partial charge in [-0.1, -0.05) is 28.1 Å². The molecule has 0 atom stereocenters. The van der Waals surface area contributed by atoms with Crippen molar-refractivity contribution in [2.24, 2.45) is 4.99 Å². The van der Waals surface area contributed by atoms with E-state index < -0.39 is 0 Å². The Balaban J connectivity index is 1.84. The normalized spacial score (nSPS) is 11.1. The van der Waals surface area contributed by atoms with Gasteiger partial charge in [-0.25, -0.2) is 4.99 Å². The number of hydrogen-bond acceptors (Lipinski definition) is 5. The third-order valence-corrected chi connectivity index (χ3v) is 4.90. The maximum atomic E-state index is 9.72. The molecule has 0 aliphatic carbocycles. The number of hydrogen-bond donors (Lipinski definition) is 0. The Labute approximate surface area is 163 Å². The first-order valence-corrected chi connectivity index (χ1v) is 8.91. The second kappa shape index (κ2) is 7.14. The highest BCUT2D eigenvalue weighted by atomic mass is 79.9. The lowest BCUT2D eigenvalue weighted by atomic mass is 10.1. The molecule has 0 saturated carbocycles. The number of rotatable bonds is 4. The molecule has 0 fully saturated rings. The van der Waals surface area contributed by atoms with E-state index in [0.29, 0.717) is 28.4 Å². The van der Waals surface area contributed by atoms with E-state index in [9.17, 15) is 5.26 Å². The van der Waals surface area contributed by atoms with Crippen LogP contribution in [-0.4, -0.2) is 6.21 Å². The van der Waals surface area contributed by atoms with Gasteiger partial charge in [-0.05, 0) is 48.4 Å². The van der Waals surface area contributed by atoms with Crippen molar-refractivity contribution in [3.8, 4) is 28.9 Å². The van der Waals surface area contributed by atoms with Crippen molar-refractivity contribution in [1.82, 2.24) is 0 Å². The van der Waals surface area contributed by atoms with Crippen LogP contribution in [0.25, 0.3) is 22.8 Å². The molecule has 27 heavy (non-hydrogen) atoms. The van der Waals surface area contributed by atoms with Crippen LogP contribution in [0.4, 0.5) is 5.88 Å². The molecule has 0 radical (unpaired) electrons. The molecule has 0 N–H and O–H groups in total. The van der Waals surface area contributed by atoms with E-state index >= 15 is 0 Å². The minimum Gasteiger partial charge on any atom is -0.464 e. The average molecular weight is 421 g/mol. The second-order valence-corrected chi connectivity index (χ2v) is 6.67. The predicted octanol–water partition coefficient (Wildman–Crippen LogP) is 6.49. The molecular weight excluding hydrogens is 408 g/mol. The lowest BCUT2D eigenvalue weighted by Gasteiger charge is -1.98. The van der Waals surface area contributed by atoms with Crippen LogP contribution < -0.4 is 0 Å². The van der Waals surface area contributed by atoms with Crippen LogP contribution >= 0.6 is 15.9 Å². The second-order valence-electron chi connectivity index (χ2n) is 5.82. The SMILES string of the molecule is Cc1ccc(C=Nc2oc(-c3ccco3)c(-c3ccco3)c2C#N)cc1Br. The fourth-order valence-corrected chi connectivity index (χ4v) is 3.07. The van der Waals surface area contributed by atoms with Gasteiger partial charge in [0.2, 0.25) is 5.88 Å². The molecular formula is C21H13BrN2O3. The standard InChI is InChI=1S/C21H13BrN2O3/c1-13-6-7-14(10-16(13)22)12-24-21-15(11-23)19(17-4-2-8-25-17)20(27-21)18-5-3-9-26-18/h2-10,12H,1H3. The van der Waals surface area contributed by atoms with E-state index in [2.05, 4.69) is 27.0 Å². The van der Waals surface area contributed by atoms with Gasteiger partial charge in [0.15, 0.2) is 11.5 Å². The summed E-state index contributed by atoms with van der Waals surface area (Å²) in [4.78, 5) is 4.40. The lowest BCUT2D eigenvalue weighted by Crippen LogP contribution is -1.83. The summed E-state index contributed by atoms with van der Waals surface area (Å²) in [5.41, 5.74) is 2.82. The first kappa shape index (κ1) is 17.1. The monoisotopic (exact) mass is 420 g/mol. The van der Waals surface area contributed by atoms with E-state index in [-0.39, 0.29) is 5.88 Å². The Morgan fingerprint density at radius 3 is 2.44 bits per heavy atom. The average Bonchev–Trinajstić information content (AvgIpc) is 3.42. The topological polar surface area (TPSA) is 75.6 Å². The Morgan fingerprint density at radius 1 is 1.07 bits per heavy atom. The molecule has 3 aromatic heterocycles. The molecule has 6 heteroatoms. The molecule has 0 aliphatic rings. The summed E-state index contributed by atoms with van der Waals surface area (Å²) in [6.07, 6.45) is 4.74. The highest BCUT2D eigenvalue weighted by Gasteiger charge is 2.25. The van der Waals surface area contributed by atoms with Crippen LogP contribution in [0.2, 0.25) is 0 Å². The summed E-state index contributed by atoms with van der Waals surface area (Å²) in [7, 11) is 0. The summed E-state index contributed by atoms with van der Waals surface area (Å²) >= 11 is 3.51. The summed E-state index contributed by atoms with van der Waals surface area (Å²) in [6, 6.07) is 15.1. The molecule has 1 aromatic carbocycles. The summed E-state index contributed by atoms with van der Waals surface area (Å²) in [5.74, 6) is 1.62. The van der Waals surface area contributed by atoms with Crippen molar-refractivity contribution >= 4 is 28.0 Å². The minimum atomic E-state index is 0.201. The van der Waals surface area contributed by atoms with Gasteiger partial charge in [-0.15, -0.1) is 0 Å². The van der Waals surface area contributed by atoms with Gasteiger partial charge in [-0.2, -0.15) is 5.26 Å². The van der Waals surface area contributed by atoms with Gasteiger partial charge in [0.05, 0.1) is 18.1 Å². The zero-order chi connectivity index (χ0) is 18.8. The highest BCUT2D eigenvalue weighted by molar-refractivity contribution is 9.10. The zero-order valence-electron chi connectivity index (χ0n) is 14.3. The Morgan fingerprint density at radius 2 is 1.81 bits per heavy atom. The number of aliphatic imine (C=N–C) groups is 1. The molecule has 4 aromatic rings. The van der Waals surface area contributed by atoms with Gasteiger partial charge >= 0.3 is 0 Å². The number of nitrogens with zero attached hydrogens (tertiary/aromatic N) is 2. The molecule has 132 valence electrons. The fraction of sp³-hybridized carbons (Fsp3) is 0.0476. The summed E-state index contributed by atoms with van der Waals surface area (Å²) in [6.45, 7) is 2.01. The van der Waals surface area contributed by atoms with E-state index in [1.807, 2.05) is 25.1 Å². The quantitative estimate of drug-likeness (QED) is 0.353. The summed E-state index contributed by atoms with van der Waals surface area (Å²) < 4.78 is 17.8. The molecule has 4 rings (SSSR count). The van der Waals surface area contributed by atoms with Crippen LogP contribution in [0.5, 0.6) is 0 Å². The van der Waals surface area contributed by atoms with Gasteiger partial charge in [0, 0.05) is 10.7 Å². The van der Waals surface area contributed by atoms with Crippen LogP contribution in [0.3, 0.4) is 0 Å². The highest BCUT2D eigenvalue weighted by Crippen LogP contribution is 2.42. The third-order valence-electron chi connectivity index (χ3n) is 4.04. The summed E-state index contributed by atoms with van der Waals surface area (Å²) in [5, 5.41) is 9.72. The maximum Gasteiger partial charge on any atom is 0.238 e. The van der Waals surface area contributed by atoms with Gasteiger partial charge in [-0.3, -0.25) is 0 Å². The van der Waals surface area contributed by atoms with Gasteiger partial charge in [0.1, 0.15) is 17.4 Å². The molecule has 5 nitrogen and oxygen atoms in total. The van der Waals surface area contributed by atoms with Crippen molar-refractivity contribution in [2.75, 3.05) is 0 Å². The predicted molar refractivity (Wildman–Crippen MR) is 105 cm³/mol. The Hall–Kier alpha value is -3.30. The number of nitriles is 1. The van der Waals surface area contributed by atoms with Crippen LogP contribution in [0, 0.1) is 18.3 Å². The molecule has 0 saturated heterocycles.